The summed E-state index contributed by atoms with van der Waals surface area (Å²) in [4.78, 5) is 29.3. The highest BCUT2D eigenvalue weighted by Gasteiger charge is 2.33. The molecule has 0 aliphatic rings. The molecule has 1 N–H and O–H groups in total. The van der Waals surface area contributed by atoms with Crippen molar-refractivity contribution in [1.82, 2.24) is 10.2 Å². The summed E-state index contributed by atoms with van der Waals surface area (Å²) in [6.07, 6.45) is 1.93. The van der Waals surface area contributed by atoms with Crippen LogP contribution in [0.25, 0.3) is 0 Å². The zero-order valence-electron chi connectivity index (χ0n) is 23.5. The molecule has 41 heavy (non-hydrogen) atoms. The Hall–Kier alpha value is -3.27. The summed E-state index contributed by atoms with van der Waals surface area (Å²) in [5.41, 5.74) is 1.75. The van der Waals surface area contributed by atoms with Gasteiger partial charge in [0, 0.05) is 19.0 Å². The zero-order chi connectivity index (χ0) is 30.2. The Balaban J connectivity index is 2.08. The van der Waals surface area contributed by atoms with E-state index in [4.69, 9.17) is 27.9 Å². The summed E-state index contributed by atoms with van der Waals surface area (Å²) in [5, 5.41) is 3.40. The van der Waals surface area contributed by atoms with E-state index in [1.54, 1.807) is 25.3 Å². The number of nitrogens with zero attached hydrogens (tertiary/aromatic N) is 2. The van der Waals surface area contributed by atoms with Crippen LogP contribution < -0.4 is 14.4 Å². The second-order valence-corrected chi connectivity index (χ2v) is 12.5. The number of hydrogen-bond donors (Lipinski definition) is 1. The number of carbonyl (C=O) groups is 2. The SMILES string of the molecule is CC[C@@H](C)NC(=O)[C@@H](Cc1ccccc1)N(Cc1cccc(OC)c1)C(=O)CN(c1ccc(Cl)c(Cl)c1)S(C)(=O)=O. The van der Waals surface area contributed by atoms with E-state index in [2.05, 4.69) is 5.32 Å². The van der Waals surface area contributed by atoms with Crippen molar-refractivity contribution in [3.8, 4) is 5.75 Å². The summed E-state index contributed by atoms with van der Waals surface area (Å²) >= 11 is 12.2. The van der Waals surface area contributed by atoms with Crippen LogP contribution in [-0.2, 0) is 32.6 Å². The highest BCUT2D eigenvalue weighted by atomic mass is 35.5. The number of benzene rings is 3. The van der Waals surface area contributed by atoms with Gasteiger partial charge in [-0.2, -0.15) is 0 Å². The minimum Gasteiger partial charge on any atom is -0.497 e. The van der Waals surface area contributed by atoms with E-state index in [0.717, 1.165) is 16.1 Å². The van der Waals surface area contributed by atoms with E-state index in [1.165, 1.54) is 23.1 Å². The van der Waals surface area contributed by atoms with E-state index in [9.17, 15) is 18.0 Å². The smallest absolute Gasteiger partial charge is 0.244 e. The lowest BCUT2D eigenvalue weighted by molar-refractivity contribution is -0.140. The molecule has 2 atom stereocenters. The van der Waals surface area contributed by atoms with Gasteiger partial charge in [-0.1, -0.05) is 72.6 Å². The van der Waals surface area contributed by atoms with Crippen LogP contribution in [0.15, 0.2) is 72.8 Å². The van der Waals surface area contributed by atoms with Crippen molar-refractivity contribution in [2.75, 3.05) is 24.2 Å². The molecule has 0 heterocycles. The van der Waals surface area contributed by atoms with Crippen LogP contribution in [0, 0.1) is 0 Å². The molecule has 0 aliphatic heterocycles. The number of hydrogen-bond acceptors (Lipinski definition) is 5. The number of sulfonamides is 1. The van der Waals surface area contributed by atoms with Crippen LogP contribution in [0.3, 0.4) is 0 Å². The van der Waals surface area contributed by atoms with Gasteiger partial charge in [0.2, 0.25) is 21.8 Å². The lowest BCUT2D eigenvalue weighted by atomic mass is 10.0. The second kappa shape index (κ2) is 14.6. The molecule has 0 unspecified atom stereocenters. The minimum absolute atomic E-state index is 0.0421. The first-order valence-electron chi connectivity index (χ1n) is 13.1. The van der Waals surface area contributed by atoms with E-state index in [1.807, 2.05) is 50.2 Å². The molecular weight excluding hydrogens is 585 g/mol. The molecule has 11 heteroatoms. The number of methoxy groups -OCH3 is 1. The molecule has 0 fully saturated rings. The largest absolute Gasteiger partial charge is 0.497 e. The Bertz CT molecular complexity index is 1450. The van der Waals surface area contributed by atoms with Gasteiger partial charge in [0.05, 0.1) is 29.1 Å². The van der Waals surface area contributed by atoms with Crippen LogP contribution in [0.2, 0.25) is 10.0 Å². The second-order valence-electron chi connectivity index (χ2n) is 9.76. The number of carbonyl (C=O) groups excluding carboxylic acids is 2. The average Bonchev–Trinajstić information content (AvgIpc) is 2.94. The van der Waals surface area contributed by atoms with Crippen molar-refractivity contribution in [2.45, 2.75) is 45.3 Å². The molecule has 0 spiro atoms. The van der Waals surface area contributed by atoms with E-state index in [-0.39, 0.29) is 40.6 Å². The molecule has 0 aromatic heterocycles. The van der Waals surface area contributed by atoms with Gasteiger partial charge in [0.25, 0.3) is 0 Å². The number of amides is 2. The molecule has 0 radical (unpaired) electrons. The molecule has 0 aliphatic carbocycles. The summed E-state index contributed by atoms with van der Waals surface area (Å²) in [5.74, 6) is -0.309. The van der Waals surface area contributed by atoms with E-state index < -0.39 is 28.5 Å². The zero-order valence-corrected chi connectivity index (χ0v) is 25.8. The predicted octanol–water partition coefficient (Wildman–Crippen LogP) is 5.32. The maximum Gasteiger partial charge on any atom is 0.244 e. The third-order valence-corrected chi connectivity index (χ3v) is 8.51. The number of ether oxygens (including phenoxy) is 1. The van der Waals surface area contributed by atoms with Crippen molar-refractivity contribution in [3.05, 3.63) is 94.0 Å². The lowest BCUT2D eigenvalue weighted by Crippen LogP contribution is -2.54. The van der Waals surface area contributed by atoms with Gasteiger partial charge < -0.3 is 15.0 Å². The topological polar surface area (TPSA) is 96.0 Å². The van der Waals surface area contributed by atoms with Crippen LogP contribution in [-0.4, -0.2) is 57.1 Å². The fourth-order valence-electron chi connectivity index (χ4n) is 4.22. The Morgan fingerprint density at radius 3 is 2.24 bits per heavy atom. The van der Waals surface area contributed by atoms with Crippen molar-refractivity contribution in [3.63, 3.8) is 0 Å². The molecule has 8 nitrogen and oxygen atoms in total. The number of halogens is 2. The van der Waals surface area contributed by atoms with Gasteiger partial charge >= 0.3 is 0 Å². The quantitative estimate of drug-likeness (QED) is 0.279. The molecule has 0 saturated heterocycles. The molecule has 220 valence electrons. The standard InChI is InChI=1S/C30H35Cl2N3O5S/c1-5-21(2)33-30(37)28(17-22-10-7-6-8-11-22)34(19-23-12-9-13-25(16-23)40-3)29(36)20-35(41(4,38)39)24-14-15-26(31)27(32)18-24/h6-16,18,21,28H,5,17,19-20H2,1-4H3,(H,33,37)/t21-,28-/m1/s1. The fraction of sp³-hybridized carbons (Fsp3) is 0.333. The molecule has 3 aromatic rings. The number of anilines is 1. The average molecular weight is 621 g/mol. The van der Waals surface area contributed by atoms with Crippen molar-refractivity contribution in [1.29, 1.82) is 0 Å². The molecule has 0 bridgehead atoms. The van der Waals surface area contributed by atoms with Gasteiger partial charge in [0.1, 0.15) is 18.3 Å². The van der Waals surface area contributed by atoms with Crippen LogP contribution in [0.4, 0.5) is 5.69 Å². The molecule has 3 rings (SSSR count). The minimum atomic E-state index is -3.92. The van der Waals surface area contributed by atoms with Gasteiger partial charge in [-0.3, -0.25) is 13.9 Å². The molecule has 2 amide bonds. The molecular formula is C30H35Cl2N3O5S. The van der Waals surface area contributed by atoms with Gasteiger partial charge in [-0.25, -0.2) is 8.42 Å². The summed E-state index contributed by atoms with van der Waals surface area (Å²) in [6, 6.07) is 19.8. The Morgan fingerprint density at radius 2 is 1.63 bits per heavy atom. The lowest BCUT2D eigenvalue weighted by Gasteiger charge is -2.34. The molecule has 0 saturated carbocycles. The first kappa shape index (κ1) is 32.2. The Labute approximate surface area is 252 Å². The van der Waals surface area contributed by atoms with Crippen molar-refractivity contribution < 1.29 is 22.7 Å². The van der Waals surface area contributed by atoms with Crippen LogP contribution >= 0.6 is 23.2 Å². The Morgan fingerprint density at radius 1 is 0.951 bits per heavy atom. The third-order valence-electron chi connectivity index (χ3n) is 6.63. The monoisotopic (exact) mass is 619 g/mol. The van der Waals surface area contributed by atoms with Crippen LogP contribution in [0.1, 0.15) is 31.4 Å². The van der Waals surface area contributed by atoms with Crippen molar-refractivity contribution >= 4 is 50.7 Å². The highest BCUT2D eigenvalue weighted by molar-refractivity contribution is 7.92. The summed E-state index contributed by atoms with van der Waals surface area (Å²) < 4.78 is 32.1. The first-order valence-corrected chi connectivity index (χ1v) is 15.7. The first-order chi connectivity index (χ1) is 19.4. The maximum atomic E-state index is 14.1. The Kier molecular flexibility index (Phi) is 11.5. The van der Waals surface area contributed by atoms with Gasteiger partial charge in [0.15, 0.2) is 0 Å². The fourth-order valence-corrected chi connectivity index (χ4v) is 5.35. The normalized spacial score (nSPS) is 12.7. The maximum absolute atomic E-state index is 14.1. The van der Waals surface area contributed by atoms with E-state index >= 15 is 0 Å². The van der Waals surface area contributed by atoms with Crippen LogP contribution in [0.5, 0.6) is 5.75 Å². The number of rotatable bonds is 13. The predicted molar refractivity (Wildman–Crippen MR) is 164 cm³/mol. The van der Waals surface area contributed by atoms with E-state index in [0.29, 0.717) is 17.7 Å². The van der Waals surface area contributed by atoms with Gasteiger partial charge in [-0.05, 0) is 54.8 Å². The molecule has 3 aromatic carbocycles. The third kappa shape index (κ3) is 9.11. The van der Waals surface area contributed by atoms with Gasteiger partial charge in [-0.15, -0.1) is 0 Å². The highest BCUT2D eigenvalue weighted by Crippen LogP contribution is 2.29. The summed E-state index contributed by atoms with van der Waals surface area (Å²) in [6.45, 7) is 3.34. The van der Waals surface area contributed by atoms with Crippen molar-refractivity contribution in [2.24, 2.45) is 0 Å². The number of nitrogens with one attached hydrogen (secondary N) is 1. The summed E-state index contributed by atoms with van der Waals surface area (Å²) in [7, 11) is -2.38.